The molecule has 0 aromatic carbocycles. The van der Waals surface area contributed by atoms with Crippen LogP contribution in [0.1, 0.15) is 44.9 Å². The van der Waals surface area contributed by atoms with Crippen molar-refractivity contribution < 1.29 is 14.7 Å². The number of carboxylic acids is 1. The smallest absolute Gasteiger partial charge is 0.326 e. The third-order valence-corrected chi connectivity index (χ3v) is 4.91. The Kier molecular flexibility index (Phi) is 3.37. The van der Waals surface area contributed by atoms with E-state index in [9.17, 15) is 14.7 Å². The van der Waals surface area contributed by atoms with Crippen LogP contribution in [0.25, 0.3) is 0 Å². The minimum atomic E-state index is -0.893. The van der Waals surface area contributed by atoms with Crippen molar-refractivity contribution in [2.45, 2.75) is 57.0 Å². The second kappa shape index (κ2) is 5.02. The van der Waals surface area contributed by atoms with Crippen LogP contribution in [0.3, 0.4) is 0 Å². The number of carboxylic acid groups (broad SMARTS) is 1. The standard InChI is InChI=1S/C14H22N2O3/c17-13(18)12(10-5-6-10)15-14(19)16-8-7-9-3-1-2-4-11(9)16/h9-12H,1-8H2,(H,15,19)(H,17,18). The molecule has 3 fully saturated rings. The summed E-state index contributed by atoms with van der Waals surface area (Å²) in [5, 5.41) is 11.9. The van der Waals surface area contributed by atoms with E-state index in [0.717, 1.165) is 32.2 Å². The van der Waals surface area contributed by atoms with Crippen molar-refractivity contribution in [3.63, 3.8) is 0 Å². The lowest BCUT2D eigenvalue weighted by atomic mass is 9.85. The van der Waals surface area contributed by atoms with Gasteiger partial charge in [0, 0.05) is 12.6 Å². The quantitative estimate of drug-likeness (QED) is 0.818. The van der Waals surface area contributed by atoms with Crippen molar-refractivity contribution in [1.82, 2.24) is 10.2 Å². The van der Waals surface area contributed by atoms with Crippen LogP contribution in [0.2, 0.25) is 0 Å². The molecule has 5 nitrogen and oxygen atoms in total. The first kappa shape index (κ1) is 12.8. The van der Waals surface area contributed by atoms with E-state index in [1.165, 1.54) is 19.3 Å². The third kappa shape index (κ3) is 2.55. The number of hydrogen-bond donors (Lipinski definition) is 2. The fraction of sp³-hybridized carbons (Fsp3) is 0.857. The molecule has 0 spiro atoms. The van der Waals surface area contributed by atoms with Gasteiger partial charge in [-0.15, -0.1) is 0 Å². The molecule has 0 bridgehead atoms. The predicted octanol–water partition coefficient (Wildman–Crippen LogP) is 1.82. The molecule has 1 saturated heterocycles. The van der Waals surface area contributed by atoms with Crippen LogP contribution in [0.5, 0.6) is 0 Å². The molecule has 5 heteroatoms. The largest absolute Gasteiger partial charge is 0.480 e. The Labute approximate surface area is 113 Å². The van der Waals surface area contributed by atoms with E-state index < -0.39 is 12.0 Å². The summed E-state index contributed by atoms with van der Waals surface area (Å²) in [5.74, 6) is -0.106. The summed E-state index contributed by atoms with van der Waals surface area (Å²) in [5.41, 5.74) is 0. The molecule has 1 aliphatic heterocycles. The van der Waals surface area contributed by atoms with Gasteiger partial charge in [0.1, 0.15) is 6.04 Å². The van der Waals surface area contributed by atoms with Gasteiger partial charge < -0.3 is 15.3 Å². The van der Waals surface area contributed by atoms with Gasteiger partial charge >= 0.3 is 12.0 Å². The van der Waals surface area contributed by atoms with Crippen molar-refractivity contribution in [2.24, 2.45) is 11.8 Å². The number of carbonyl (C=O) groups is 2. The fourth-order valence-corrected chi connectivity index (χ4v) is 3.68. The molecule has 3 rings (SSSR count). The Morgan fingerprint density at radius 2 is 1.84 bits per heavy atom. The molecule has 19 heavy (non-hydrogen) atoms. The van der Waals surface area contributed by atoms with Gasteiger partial charge in [-0.25, -0.2) is 9.59 Å². The van der Waals surface area contributed by atoms with Crippen LogP contribution in [0.15, 0.2) is 0 Å². The summed E-state index contributed by atoms with van der Waals surface area (Å²) in [6, 6.07) is -0.494. The summed E-state index contributed by atoms with van der Waals surface area (Å²) in [4.78, 5) is 25.4. The summed E-state index contributed by atoms with van der Waals surface area (Å²) < 4.78 is 0. The SMILES string of the molecule is O=C(O)C(NC(=O)N1CCC2CCCCC21)C1CC1. The van der Waals surface area contributed by atoms with E-state index in [0.29, 0.717) is 12.0 Å². The molecular weight excluding hydrogens is 244 g/mol. The average molecular weight is 266 g/mol. The summed E-state index contributed by atoms with van der Waals surface area (Å²) >= 11 is 0. The van der Waals surface area contributed by atoms with Crippen molar-refractivity contribution in [1.29, 1.82) is 0 Å². The highest BCUT2D eigenvalue weighted by molar-refractivity contribution is 5.83. The van der Waals surface area contributed by atoms with Crippen molar-refractivity contribution in [3.8, 4) is 0 Å². The normalized spacial score (nSPS) is 31.7. The molecule has 2 aliphatic carbocycles. The minimum Gasteiger partial charge on any atom is -0.480 e. The van der Waals surface area contributed by atoms with E-state index >= 15 is 0 Å². The molecule has 3 unspecified atom stereocenters. The van der Waals surface area contributed by atoms with Gasteiger partial charge in [0.15, 0.2) is 0 Å². The van der Waals surface area contributed by atoms with E-state index in [-0.39, 0.29) is 11.9 Å². The predicted molar refractivity (Wildman–Crippen MR) is 69.7 cm³/mol. The molecule has 3 atom stereocenters. The lowest BCUT2D eigenvalue weighted by Gasteiger charge is -2.32. The molecule has 2 saturated carbocycles. The highest BCUT2D eigenvalue weighted by atomic mass is 16.4. The second-order valence-corrected chi connectivity index (χ2v) is 6.20. The number of hydrogen-bond acceptors (Lipinski definition) is 2. The van der Waals surface area contributed by atoms with Gasteiger partial charge in [-0.1, -0.05) is 12.8 Å². The monoisotopic (exact) mass is 266 g/mol. The third-order valence-electron chi connectivity index (χ3n) is 4.91. The van der Waals surface area contributed by atoms with E-state index in [1.54, 1.807) is 0 Å². The van der Waals surface area contributed by atoms with Crippen molar-refractivity contribution in [3.05, 3.63) is 0 Å². The van der Waals surface area contributed by atoms with Gasteiger partial charge in [0.25, 0.3) is 0 Å². The van der Waals surface area contributed by atoms with Gasteiger partial charge in [-0.3, -0.25) is 0 Å². The minimum absolute atomic E-state index is 0.145. The van der Waals surface area contributed by atoms with E-state index in [1.807, 2.05) is 4.90 Å². The Bertz CT molecular complexity index is 381. The highest BCUT2D eigenvalue weighted by Gasteiger charge is 2.42. The van der Waals surface area contributed by atoms with Crippen molar-refractivity contribution >= 4 is 12.0 Å². The first-order valence-electron chi connectivity index (χ1n) is 7.47. The average Bonchev–Trinajstić information content (AvgIpc) is 3.14. The van der Waals surface area contributed by atoms with E-state index in [2.05, 4.69) is 5.32 Å². The Morgan fingerprint density at radius 1 is 1.11 bits per heavy atom. The van der Waals surface area contributed by atoms with Crippen LogP contribution >= 0.6 is 0 Å². The van der Waals surface area contributed by atoms with Gasteiger partial charge in [0.2, 0.25) is 0 Å². The number of rotatable bonds is 3. The van der Waals surface area contributed by atoms with Gasteiger partial charge in [0.05, 0.1) is 0 Å². The van der Waals surface area contributed by atoms with Gasteiger partial charge in [-0.05, 0) is 43.9 Å². The van der Waals surface area contributed by atoms with Crippen molar-refractivity contribution in [2.75, 3.05) is 6.54 Å². The maximum absolute atomic E-state index is 12.3. The summed E-state index contributed by atoms with van der Waals surface area (Å²) in [7, 11) is 0. The first-order chi connectivity index (χ1) is 9.16. The fourth-order valence-electron chi connectivity index (χ4n) is 3.68. The zero-order valence-corrected chi connectivity index (χ0v) is 11.2. The van der Waals surface area contributed by atoms with Crippen LogP contribution < -0.4 is 5.32 Å². The number of amides is 2. The number of aliphatic carboxylic acids is 1. The lowest BCUT2D eigenvalue weighted by molar-refractivity contribution is -0.139. The first-order valence-corrected chi connectivity index (χ1v) is 7.47. The maximum atomic E-state index is 12.3. The number of likely N-dealkylation sites (tertiary alicyclic amines) is 1. The highest BCUT2D eigenvalue weighted by Crippen LogP contribution is 2.37. The number of fused-ring (bicyclic) bond motifs is 1. The summed E-state index contributed by atoms with van der Waals surface area (Å²) in [6.07, 6.45) is 7.69. The van der Waals surface area contributed by atoms with Crippen LogP contribution in [-0.4, -0.2) is 40.6 Å². The van der Waals surface area contributed by atoms with Crippen LogP contribution in [0, 0.1) is 11.8 Å². The molecule has 0 radical (unpaired) electrons. The van der Waals surface area contributed by atoms with Gasteiger partial charge in [-0.2, -0.15) is 0 Å². The zero-order chi connectivity index (χ0) is 13.4. The lowest BCUT2D eigenvalue weighted by Crippen LogP contribution is -2.51. The topological polar surface area (TPSA) is 69.6 Å². The summed E-state index contributed by atoms with van der Waals surface area (Å²) in [6.45, 7) is 0.790. The number of urea groups is 1. The number of carbonyl (C=O) groups excluding carboxylic acids is 1. The van der Waals surface area contributed by atoms with Crippen LogP contribution in [-0.2, 0) is 4.79 Å². The number of nitrogens with zero attached hydrogens (tertiary/aromatic N) is 1. The molecule has 3 aliphatic rings. The molecule has 106 valence electrons. The molecule has 0 aromatic rings. The number of nitrogens with one attached hydrogen (secondary N) is 1. The molecule has 1 heterocycles. The Balaban J connectivity index is 1.62. The molecule has 0 aromatic heterocycles. The van der Waals surface area contributed by atoms with Crippen LogP contribution in [0.4, 0.5) is 4.79 Å². The maximum Gasteiger partial charge on any atom is 0.326 e. The zero-order valence-electron chi connectivity index (χ0n) is 11.2. The van der Waals surface area contributed by atoms with E-state index in [4.69, 9.17) is 0 Å². The molecular formula is C14H22N2O3. The molecule has 2 N–H and O–H groups in total. The molecule has 2 amide bonds. The Morgan fingerprint density at radius 3 is 2.53 bits per heavy atom. The second-order valence-electron chi connectivity index (χ2n) is 6.20. The Hall–Kier alpha value is -1.26.